The number of nitrogens with two attached hydrogens (primary N) is 1. The van der Waals surface area contributed by atoms with Crippen LogP contribution >= 0.6 is 0 Å². The number of nitriles is 1. The summed E-state index contributed by atoms with van der Waals surface area (Å²) in [6, 6.07) is 14.8. The van der Waals surface area contributed by atoms with Crippen molar-refractivity contribution >= 4 is 5.91 Å². The molecule has 1 unspecified atom stereocenters. The van der Waals surface area contributed by atoms with Crippen LogP contribution in [0, 0.1) is 11.3 Å². The fraction of sp³-hybridized carbons (Fsp3) is 0.452. The molecule has 8 heteroatoms. The maximum absolute atomic E-state index is 13.0. The Hall–Kier alpha value is -3.67. The van der Waals surface area contributed by atoms with Gasteiger partial charge in [-0.15, -0.1) is 0 Å². The van der Waals surface area contributed by atoms with Gasteiger partial charge < -0.3 is 25.5 Å². The molecule has 0 spiro atoms. The molecule has 4 N–H and O–H groups in total. The van der Waals surface area contributed by atoms with Crippen molar-refractivity contribution in [2.45, 2.75) is 78.0 Å². The number of rotatable bonds is 12. The van der Waals surface area contributed by atoms with E-state index in [1.54, 1.807) is 12.1 Å². The summed E-state index contributed by atoms with van der Waals surface area (Å²) in [5, 5.41) is 22.1. The Labute approximate surface area is 231 Å². The standard InChI is InChI=1S/C31H41N5O3/c1-21(2)39-28-12-11-24(18-25(28)19-33)29(38)34-26(13-16-37)17-22-7-9-23(10-8-22)27-20-36(15-6-14-32)30(35-27)31(3,4)5/h7-12,18,20-21,26,37H,6,13-17,32H2,1-5H3,(H,34,38). The topological polar surface area (TPSA) is 126 Å². The number of carbonyl (C=O) groups is 1. The lowest BCUT2D eigenvalue weighted by atomic mass is 9.95. The molecule has 0 bridgehead atoms. The fourth-order valence-corrected chi connectivity index (χ4v) is 4.45. The maximum atomic E-state index is 13.0. The molecule has 0 fully saturated rings. The second-order valence-corrected chi connectivity index (χ2v) is 11.1. The lowest BCUT2D eigenvalue weighted by Crippen LogP contribution is -2.37. The van der Waals surface area contributed by atoms with Gasteiger partial charge in [0.25, 0.3) is 5.91 Å². The number of aromatic nitrogens is 2. The quantitative estimate of drug-likeness (QED) is 0.314. The Morgan fingerprint density at radius 2 is 1.92 bits per heavy atom. The normalized spacial score (nSPS) is 12.3. The van der Waals surface area contributed by atoms with Crippen LogP contribution in [0.3, 0.4) is 0 Å². The third kappa shape index (κ3) is 8.16. The predicted molar refractivity (Wildman–Crippen MR) is 154 cm³/mol. The van der Waals surface area contributed by atoms with E-state index in [9.17, 15) is 15.2 Å². The number of hydrogen-bond donors (Lipinski definition) is 3. The summed E-state index contributed by atoms with van der Waals surface area (Å²) in [5.41, 5.74) is 9.31. The summed E-state index contributed by atoms with van der Waals surface area (Å²) in [6.45, 7) is 11.7. The number of nitrogens with zero attached hydrogens (tertiary/aromatic N) is 3. The molecule has 2 aromatic carbocycles. The molecule has 0 saturated heterocycles. The van der Waals surface area contributed by atoms with Gasteiger partial charge in [-0.25, -0.2) is 4.98 Å². The molecule has 39 heavy (non-hydrogen) atoms. The highest BCUT2D eigenvalue weighted by molar-refractivity contribution is 5.95. The van der Waals surface area contributed by atoms with E-state index >= 15 is 0 Å². The van der Waals surface area contributed by atoms with Gasteiger partial charge in [0.15, 0.2) is 0 Å². The second-order valence-electron chi connectivity index (χ2n) is 11.1. The molecule has 3 aromatic rings. The minimum absolute atomic E-state index is 0.0521. The predicted octanol–water partition coefficient (Wildman–Crippen LogP) is 4.58. The number of aryl methyl sites for hydroxylation is 1. The van der Waals surface area contributed by atoms with E-state index < -0.39 is 0 Å². The lowest BCUT2D eigenvalue weighted by Gasteiger charge is -2.19. The molecular weight excluding hydrogens is 490 g/mol. The molecule has 1 heterocycles. The van der Waals surface area contributed by atoms with Crippen LogP contribution in [0.15, 0.2) is 48.7 Å². The van der Waals surface area contributed by atoms with Gasteiger partial charge in [-0.1, -0.05) is 45.0 Å². The molecule has 0 aliphatic carbocycles. The number of aliphatic hydroxyl groups excluding tert-OH is 1. The van der Waals surface area contributed by atoms with E-state index in [0.717, 1.165) is 35.6 Å². The van der Waals surface area contributed by atoms with Crippen molar-refractivity contribution in [1.29, 1.82) is 5.26 Å². The van der Waals surface area contributed by atoms with Gasteiger partial charge in [-0.3, -0.25) is 4.79 Å². The second kappa shape index (κ2) is 13.4. The molecule has 1 amide bonds. The summed E-state index contributed by atoms with van der Waals surface area (Å²) in [6.07, 6.45) is 3.87. The molecule has 0 aliphatic rings. The number of imidazole rings is 1. The first-order chi connectivity index (χ1) is 18.5. The first kappa shape index (κ1) is 29.9. The summed E-state index contributed by atoms with van der Waals surface area (Å²) < 4.78 is 7.85. The molecular formula is C31H41N5O3. The van der Waals surface area contributed by atoms with Crippen molar-refractivity contribution in [2.24, 2.45) is 5.73 Å². The number of hydrogen-bond acceptors (Lipinski definition) is 6. The van der Waals surface area contributed by atoms with Crippen LogP contribution in [0.2, 0.25) is 0 Å². The minimum Gasteiger partial charge on any atom is -0.490 e. The smallest absolute Gasteiger partial charge is 0.251 e. The molecule has 3 rings (SSSR count). The van der Waals surface area contributed by atoms with Crippen LogP contribution in [-0.2, 0) is 18.4 Å². The largest absolute Gasteiger partial charge is 0.490 e. The number of benzene rings is 2. The number of ether oxygens (including phenoxy) is 1. The summed E-state index contributed by atoms with van der Waals surface area (Å²) in [7, 11) is 0. The van der Waals surface area contributed by atoms with E-state index in [4.69, 9.17) is 15.5 Å². The van der Waals surface area contributed by atoms with Crippen LogP contribution in [0.1, 0.15) is 74.8 Å². The molecule has 8 nitrogen and oxygen atoms in total. The summed E-state index contributed by atoms with van der Waals surface area (Å²) >= 11 is 0. The van der Waals surface area contributed by atoms with Crippen LogP contribution < -0.4 is 15.8 Å². The number of nitrogens with one attached hydrogen (secondary N) is 1. The van der Waals surface area contributed by atoms with Gasteiger partial charge in [0.05, 0.1) is 17.4 Å². The lowest BCUT2D eigenvalue weighted by molar-refractivity contribution is 0.0930. The highest BCUT2D eigenvalue weighted by Gasteiger charge is 2.22. The molecule has 0 aliphatic heterocycles. The summed E-state index contributed by atoms with van der Waals surface area (Å²) in [5.74, 6) is 1.19. The first-order valence-electron chi connectivity index (χ1n) is 13.5. The fourth-order valence-electron chi connectivity index (χ4n) is 4.45. The van der Waals surface area contributed by atoms with E-state index in [2.05, 4.69) is 42.9 Å². The molecule has 1 aromatic heterocycles. The van der Waals surface area contributed by atoms with Crippen molar-refractivity contribution in [3.8, 4) is 23.1 Å². The van der Waals surface area contributed by atoms with Crippen molar-refractivity contribution in [1.82, 2.24) is 14.9 Å². The van der Waals surface area contributed by atoms with Gasteiger partial charge in [0, 0.05) is 41.9 Å². The summed E-state index contributed by atoms with van der Waals surface area (Å²) in [4.78, 5) is 17.9. The maximum Gasteiger partial charge on any atom is 0.251 e. The Bertz CT molecular complexity index is 1280. The van der Waals surface area contributed by atoms with Gasteiger partial charge in [-0.2, -0.15) is 5.26 Å². The number of aliphatic hydroxyl groups is 1. The van der Waals surface area contributed by atoms with Gasteiger partial charge in [0.1, 0.15) is 17.6 Å². The Balaban J connectivity index is 1.74. The zero-order valence-electron chi connectivity index (χ0n) is 23.7. The van der Waals surface area contributed by atoms with Crippen molar-refractivity contribution in [2.75, 3.05) is 13.2 Å². The molecule has 0 saturated carbocycles. The Morgan fingerprint density at radius 1 is 1.21 bits per heavy atom. The number of carbonyl (C=O) groups excluding carboxylic acids is 1. The van der Waals surface area contributed by atoms with Gasteiger partial charge in [0.2, 0.25) is 0 Å². The highest BCUT2D eigenvalue weighted by Crippen LogP contribution is 2.27. The van der Waals surface area contributed by atoms with Crippen LogP contribution in [0.25, 0.3) is 11.3 Å². The SMILES string of the molecule is CC(C)Oc1ccc(C(=O)NC(CCO)Cc2ccc(-c3cn(CCCN)c(C(C)(C)C)n3)cc2)cc1C#N. The van der Waals surface area contributed by atoms with Crippen molar-refractivity contribution in [3.63, 3.8) is 0 Å². The van der Waals surface area contributed by atoms with E-state index in [0.29, 0.717) is 36.3 Å². The molecule has 208 valence electrons. The van der Waals surface area contributed by atoms with Gasteiger partial charge >= 0.3 is 0 Å². The van der Waals surface area contributed by atoms with E-state index in [-0.39, 0.29) is 30.1 Å². The van der Waals surface area contributed by atoms with E-state index in [1.165, 1.54) is 6.07 Å². The zero-order valence-corrected chi connectivity index (χ0v) is 23.7. The van der Waals surface area contributed by atoms with Crippen molar-refractivity contribution < 1.29 is 14.6 Å². The first-order valence-corrected chi connectivity index (χ1v) is 13.5. The van der Waals surface area contributed by atoms with Crippen LogP contribution in [0.4, 0.5) is 0 Å². The highest BCUT2D eigenvalue weighted by atomic mass is 16.5. The Morgan fingerprint density at radius 3 is 2.51 bits per heavy atom. The monoisotopic (exact) mass is 531 g/mol. The Kier molecular flexibility index (Phi) is 10.3. The van der Waals surface area contributed by atoms with E-state index in [1.807, 2.05) is 38.1 Å². The molecule has 0 radical (unpaired) electrons. The van der Waals surface area contributed by atoms with Crippen LogP contribution in [0.5, 0.6) is 5.75 Å². The average Bonchev–Trinajstić information content (AvgIpc) is 3.33. The van der Waals surface area contributed by atoms with Crippen LogP contribution in [-0.4, -0.2) is 45.9 Å². The third-order valence-electron chi connectivity index (χ3n) is 6.32. The van der Waals surface area contributed by atoms with Gasteiger partial charge in [-0.05, 0) is 63.4 Å². The average molecular weight is 532 g/mol. The van der Waals surface area contributed by atoms with Crippen molar-refractivity contribution in [3.05, 3.63) is 71.2 Å². The number of amides is 1. The molecule has 1 atom stereocenters. The minimum atomic E-state index is -0.296. The zero-order chi connectivity index (χ0) is 28.6. The third-order valence-corrected chi connectivity index (χ3v) is 6.32.